The van der Waals surface area contributed by atoms with Crippen LogP contribution in [-0.2, 0) is 0 Å². The van der Waals surface area contributed by atoms with Gasteiger partial charge in [0.05, 0.1) is 5.56 Å². The molecule has 0 saturated carbocycles. The zero-order valence-electron chi connectivity index (χ0n) is 7.32. The van der Waals surface area contributed by atoms with Crippen LogP contribution in [0.3, 0.4) is 0 Å². The van der Waals surface area contributed by atoms with Crippen molar-refractivity contribution in [1.29, 1.82) is 0 Å². The number of aromatic nitrogens is 1. The van der Waals surface area contributed by atoms with E-state index in [1.54, 1.807) is 18.3 Å². The second kappa shape index (κ2) is 5.38. The van der Waals surface area contributed by atoms with Gasteiger partial charge in [0.1, 0.15) is 0 Å². The first-order valence-corrected chi connectivity index (χ1v) is 6.25. The summed E-state index contributed by atoms with van der Waals surface area (Å²) in [4.78, 5) is 15.3. The number of carbonyl (C=O) groups is 1. The Balaban J connectivity index is 2.65. The van der Waals surface area contributed by atoms with E-state index in [1.165, 1.54) is 6.20 Å². The number of halogens is 3. The lowest BCUT2D eigenvalue weighted by Gasteiger charge is -2.20. The van der Waals surface area contributed by atoms with Crippen molar-refractivity contribution in [3.8, 4) is 0 Å². The van der Waals surface area contributed by atoms with Gasteiger partial charge >= 0.3 is 0 Å². The molecule has 0 unspecified atom stereocenters. The Hall–Kier alpha value is 0.0200. The molecular weight excluding hydrogens is 396 g/mol. The molecular formula is C8H7Br3N2O2. The van der Waals surface area contributed by atoms with Gasteiger partial charge < -0.3 is 10.4 Å². The maximum Gasteiger partial charge on any atom is 0.254 e. The summed E-state index contributed by atoms with van der Waals surface area (Å²) in [5.74, 6) is -0.404. The van der Waals surface area contributed by atoms with Crippen molar-refractivity contribution in [2.24, 2.45) is 0 Å². The fourth-order valence-electron chi connectivity index (χ4n) is 0.786. The number of aliphatic hydroxyl groups is 1. The van der Waals surface area contributed by atoms with Crippen LogP contribution in [0, 0.1) is 0 Å². The molecule has 0 aromatic carbocycles. The van der Waals surface area contributed by atoms with Gasteiger partial charge in [0.2, 0.25) is 0 Å². The van der Waals surface area contributed by atoms with Gasteiger partial charge in [-0.15, -0.1) is 0 Å². The van der Waals surface area contributed by atoms with E-state index in [-0.39, 0.29) is 0 Å². The summed E-state index contributed by atoms with van der Waals surface area (Å²) >= 11 is 9.29. The predicted molar refractivity (Wildman–Crippen MR) is 67.2 cm³/mol. The summed E-state index contributed by atoms with van der Waals surface area (Å²) in [7, 11) is 0. The second-order valence-electron chi connectivity index (χ2n) is 2.66. The van der Waals surface area contributed by atoms with Crippen molar-refractivity contribution in [3.63, 3.8) is 0 Å². The molecule has 0 saturated heterocycles. The van der Waals surface area contributed by atoms with E-state index >= 15 is 0 Å². The minimum Gasteiger partial charge on any atom is -0.370 e. The summed E-state index contributed by atoms with van der Waals surface area (Å²) in [5.41, 5.74) is 0.383. The van der Waals surface area contributed by atoms with Gasteiger partial charge in [-0.05, 0) is 12.1 Å². The highest BCUT2D eigenvalue weighted by molar-refractivity contribution is 9.39. The van der Waals surface area contributed by atoms with E-state index in [1.807, 2.05) is 0 Å². The minimum absolute atomic E-state index is 0.383. The van der Waals surface area contributed by atoms with Gasteiger partial charge in [0.25, 0.3) is 5.91 Å². The van der Waals surface area contributed by atoms with E-state index in [2.05, 4.69) is 58.1 Å². The highest BCUT2D eigenvalue weighted by Crippen LogP contribution is 2.36. The summed E-state index contributed by atoms with van der Waals surface area (Å²) in [6, 6.07) is 3.25. The molecule has 7 heteroatoms. The molecule has 82 valence electrons. The van der Waals surface area contributed by atoms with Gasteiger partial charge in [-0.3, -0.25) is 9.78 Å². The number of rotatable bonds is 2. The SMILES string of the molecule is O=C(N[C@H](O)C(Br)(Br)Br)c1cccnc1. The van der Waals surface area contributed by atoms with Crippen LogP contribution in [0.5, 0.6) is 0 Å². The van der Waals surface area contributed by atoms with Crippen LogP contribution in [0.15, 0.2) is 24.5 Å². The topological polar surface area (TPSA) is 62.2 Å². The van der Waals surface area contributed by atoms with Crippen LogP contribution in [0.4, 0.5) is 0 Å². The minimum atomic E-state index is -1.12. The Bertz CT molecular complexity index is 339. The van der Waals surface area contributed by atoms with Crippen LogP contribution in [-0.4, -0.2) is 24.4 Å². The van der Waals surface area contributed by atoms with Crippen molar-refractivity contribution in [2.45, 2.75) is 8.37 Å². The Morgan fingerprint density at radius 1 is 1.53 bits per heavy atom. The molecule has 0 bridgehead atoms. The first-order valence-electron chi connectivity index (χ1n) is 3.87. The quantitative estimate of drug-likeness (QED) is 0.587. The third-order valence-electron chi connectivity index (χ3n) is 1.50. The van der Waals surface area contributed by atoms with Crippen molar-refractivity contribution < 1.29 is 9.90 Å². The van der Waals surface area contributed by atoms with Crippen LogP contribution >= 0.6 is 47.8 Å². The fraction of sp³-hybridized carbons (Fsp3) is 0.250. The highest BCUT2D eigenvalue weighted by atomic mass is 80.0. The molecule has 15 heavy (non-hydrogen) atoms. The molecule has 1 heterocycles. The van der Waals surface area contributed by atoms with Gasteiger partial charge in [-0.25, -0.2) is 0 Å². The van der Waals surface area contributed by atoms with Crippen molar-refractivity contribution in [2.75, 3.05) is 0 Å². The molecule has 1 rings (SSSR count). The lowest BCUT2D eigenvalue weighted by Crippen LogP contribution is -2.42. The molecule has 0 radical (unpaired) electrons. The number of hydrogen-bond acceptors (Lipinski definition) is 3. The summed E-state index contributed by atoms with van der Waals surface area (Å²) in [6.45, 7) is 0. The zero-order chi connectivity index (χ0) is 11.5. The van der Waals surface area contributed by atoms with Gasteiger partial charge in [-0.2, -0.15) is 0 Å². The maximum atomic E-state index is 11.5. The van der Waals surface area contributed by atoms with E-state index < -0.39 is 14.3 Å². The Labute approximate surface area is 112 Å². The number of nitrogens with zero attached hydrogens (tertiary/aromatic N) is 1. The van der Waals surface area contributed by atoms with Crippen LogP contribution in [0.2, 0.25) is 0 Å². The maximum absolute atomic E-state index is 11.5. The third kappa shape index (κ3) is 4.18. The molecule has 1 amide bonds. The molecule has 1 aromatic heterocycles. The summed E-state index contributed by atoms with van der Waals surface area (Å²) < 4.78 is -0.940. The van der Waals surface area contributed by atoms with Gasteiger partial charge in [0.15, 0.2) is 8.37 Å². The number of hydrogen-bond donors (Lipinski definition) is 2. The van der Waals surface area contributed by atoms with E-state index in [0.29, 0.717) is 5.56 Å². The average Bonchev–Trinajstić information content (AvgIpc) is 2.17. The number of amides is 1. The lowest BCUT2D eigenvalue weighted by molar-refractivity contribution is 0.0809. The normalized spacial score (nSPS) is 13.3. The Morgan fingerprint density at radius 3 is 2.67 bits per heavy atom. The average molecular weight is 403 g/mol. The van der Waals surface area contributed by atoms with Gasteiger partial charge in [0, 0.05) is 12.4 Å². The van der Waals surface area contributed by atoms with Crippen LogP contribution < -0.4 is 5.32 Å². The largest absolute Gasteiger partial charge is 0.370 e. The van der Waals surface area contributed by atoms with Crippen LogP contribution in [0.25, 0.3) is 0 Å². The molecule has 0 aliphatic rings. The predicted octanol–water partition coefficient (Wildman–Crippen LogP) is 1.97. The summed E-state index contributed by atoms with van der Waals surface area (Å²) in [5, 5.41) is 11.9. The van der Waals surface area contributed by atoms with E-state index in [0.717, 1.165) is 0 Å². The molecule has 4 nitrogen and oxygen atoms in total. The number of pyridine rings is 1. The van der Waals surface area contributed by atoms with Gasteiger partial charge in [-0.1, -0.05) is 47.8 Å². The molecule has 0 spiro atoms. The number of carbonyl (C=O) groups excluding carboxylic acids is 1. The van der Waals surface area contributed by atoms with E-state index in [9.17, 15) is 9.90 Å². The second-order valence-corrected chi connectivity index (χ2v) is 9.60. The molecule has 0 aliphatic carbocycles. The molecule has 2 N–H and O–H groups in total. The first kappa shape index (κ1) is 13.1. The monoisotopic (exact) mass is 400 g/mol. The van der Waals surface area contributed by atoms with Crippen LogP contribution in [0.1, 0.15) is 10.4 Å². The summed E-state index contributed by atoms with van der Waals surface area (Å²) in [6.07, 6.45) is 1.86. The Kier molecular flexibility index (Phi) is 4.69. The first-order chi connectivity index (χ1) is 6.91. The van der Waals surface area contributed by atoms with Crippen molar-refractivity contribution >= 4 is 53.7 Å². The van der Waals surface area contributed by atoms with Crippen molar-refractivity contribution in [3.05, 3.63) is 30.1 Å². The number of nitrogens with one attached hydrogen (secondary N) is 1. The fourth-order valence-corrected chi connectivity index (χ4v) is 1.13. The Morgan fingerprint density at radius 2 is 2.20 bits per heavy atom. The third-order valence-corrected chi connectivity index (χ3v) is 2.80. The molecule has 1 aromatic rings. The van der Waals surface area contributed by atoms with E-state index in [4.69, 9.17) is 0 Å². The number of aliphatic hydroxyl groups excluding tert-OH is 1. The smallest absolute Gasteiger partial charge is 0.254 e. The molecule has 0 aliphatic heterocycles. The standard InChI is InChI=1S/C8H7Br3N2O2/c9-8(10,11)7(15)13-6(14)5-2-1-3-12-4-5/h1-4,7,15H,(H,13,14)/t7-/m1/s1. The molecule has 0 fully saturated rings. The highest BCUT2D eigenvalue weighted by Gasteiger charge is 2.30. The lowest BCUT2D eigenvalue weighted by atomic mass is 10.3. The molecule has 1 atom stereocenters. The number of alkyl halides is 3. The zero-order valence-corrected chi connectivity index (χ0v) is 12.1. The van der Waals surface area contributed by atoms with Crippen molar-refractivity contribution in [1.82, 2.24) is 10.3 Å².